The molecule has 40 valence electrons. The monoisotopic (exact) mass is 125 g/mol. The first-order valence-corrected chi connectivity index (χ1v) is 3.06. The molecule has 8 heavy (non-hydrogen) atoms. The lowest BCUT2D eigenvalue weighted by Gasteiger charge is -1.71. The fourth-order valence-electron chi connectivity index (χ4n) is 0.442. The van der Waals surface area contributed by atoms with Crippen LogP contribution in [-0.4, -0.2) is 0 Å². The van der Waals surface area contributed by atoms with Crippen LogP contribution in [0.1, 0.15) is 5.01 Å². The molecular formula is C5H5N2S+. The molecule has 0 aliphatic heterocycles. The van der Waals surface area contributed by atoms with E-state index in [0.717, 1.165) is 5.01 Å². The van der Waals surface area contributed by atoms with Crippen LogP contribution in [0.4, 0.5) is 0 Å². The van der Waals surface area contributed by atoms with E-state index in [1.807, 2.05) is 18.6 Å². The van der Waals surface area contributed by atoms with Crippen molar-refractivity contribution in [2.45, 2.75) is 0 Å². The van der Waals surface area contributed by atoms with Crippen molar-refractivity contribution in [3.8, 4) is 6.07 Å². The fraction of sp³-hybridized carbons (Fsp3) is 0.200. The van der Waals surface area contributed by atoms with Crippen molar-refractivity contribution in [2.75, 3.05) is 0 Å². The molecule has 0 saturated carbocycles. The molecule has 0 aromatic carbocycles. The zero-order valence-corrected chi connectivity index (χ0v) is 5.27. The molecule has 0 spiro atoms. The molecule has 0 unspecified atom stereocenters. The van der Waals surface area contributed by atoms with Crippen molar-refractivity contribution >= 4 is 11.3 Å². The van der Waals surface area contributed by atoms with Gasteiger partial charge >= 0.3 is 5.01 Å². The Balaban J connectivity index is 3.15. The first-order valence-electron chi connectivity index (χ1n) is 2.18. The van der Waals surface area contributed by atoms with Gasteiger partial charge in [0.1, 0.15) is 7.05 Å². The zero-order chi connectivity index (χ0) is 5.98. The lowest BCUT2D eigenvalue weighted by molar-refractivity contribution is -0.668. The summed E-state index contributed by atoms with van der Waals surface area (Å²) in [5, 5.41) is 11.0. The van der Waals surface area contributed by atoms with E-state index < -0.39 is 0 Å². The maximum atomic E-state index is 8.35. The summed E-state index contributed by atoms with van der Waals surface area (Å²) in [6, 6.07) is 2.06. The predicted octanol–water partition coefficient (Wildman–Crippen LogP) is 0.444. The van der Waals surface area contributed by atoms with Gasteiger partial charge in [-0.25, -0.2) is 0 Å². The topological polar surface area (TPSA) is 27.7 Å². The van der Waals surface area contributed by atoms with Gasteiger partial charge in [-0.3, -0.25) is 0 Å². The van der Waals surface area contributed by atoms with Crippen LogP contribution in [0, 0.1) is 11.3 Å². The number of hydrogen-bond acceptors (Lipinski definition) is 2. The molecule has 0 aliphatic rings. The maximum absolute atomic E-state index is 8.35. The number of aromatic nitrogens is 1. The molecule has 0 aliphatic carbocycles. The summed E-state index contributed by atoms with van der Waals surface area (Å²) in [4.78, 5) is 0. The summed E-state index contributed by atoms with van der Waals surface area (Å²) in [5.74, 6) is 0. The molecule has 3 heteroatoms. The van der Waals surface area contributed by atoms with Crippen LogP contribution in [0.2, 0.25) is 0 Å². The van der Waals surface area contributed by atoms with Crippen molar-refractivity contribution in [1.29, 1.82) is 5.26 Å². The van der Waals surface area contributed by atoms with Gasteiger partial charge in [-0.05, 0) is 0 Å². The molecule has 1 aromatic rings. The molecule has 2 nitrogen and oxygen atoms in total. The summed E-state index contributed by atoms with van der Waals surface area (Å²) in [5.41, 5.74) is 0. The Labute approximate surface area is 51.6 Å². The van der Waals surface area contributed by atoms with Gasteiger partial charge in [-0.2, -0.15) is 9.83 Å². The highest BCUT2D eigenvalue weighted by Crippen LogP contribution is 1.96. The Morgan fingerprint density at radius 3 is 2.88 bits per heavy atom. The summed E-state index contributed by atoms with van der Waals surface area (Å²) in [6.45, 7) is 0. The number of thiazole rings is 1. The van der Waals surface area contributed by atoms with E-state index in [-0.39, 0.29) is 0 Å². The summed E-state index contributed by atoms with van der Waals surface area (Å²) >= 11 is 1.45. The highest BCUT2D eigenvalue weighted by atomic mass is 32.1. The van der Waals surface area contributed by atoms with Crippen LogP contribution >= 0.6 is 11.3 Å². The summed E-state index contributed by atoms with van der Waals surface area (Å²) in [6.07, 6.45) is 1.86. The zero-order valence-electron chi connectivity index (χ0n) is 4.46. The molecule has 1 rings (SSSR count). The average Bonchev–Trinajstić information content (AvgIpc) is 2.14. The van der Waals surface area contributed by atoms with Gasteiger partial charge in [-0.1, -0.05) is 11.3 Å². The third-order valence-electron chi connectivity index (χ3n) is 0.880. The van der Waals surface area contributed by atoms with Gasteiger partial charge in [-0.15, -0.1) is 0 Å². The largest absolute Gasteiger partial charge is 0.340 e. The second kappa shape index (κ2) is 1.93. The molecule has 0 atom stereocenters. The average molecular weight is 125 g/mol. The Bertz CT molecular complexity index is 221. The van der Waals surface area contributed by atoms with Gasteiger partial charge in [0.05, 0.1) is 5.38 Å². The minimum Gasteiger partial charge on any atom is -0.185 e. The van der Waals surface area contributed by atoms with Gasteiger partial charge in [0, 0.05) is 0 Å². The van der Waals surface area contributed by atoms with Crippen molar-refractivity contribution in [3.63, 3.8) is 0 Å². The van der Waals surface area contributed by atoms with Crippen molar-refractivity contribution in [2.24, 2.45) is 7.05 Å². The fourth-order valence-corrected chi connectivity index (χ4v) is 1.09. The van der Waals surface area contributed by atoms with Crippen LogP contribution in [0.3, 0.4) is 0 Å². The Kier molecular flexibility index (Phi) is 1.27. The molecular weight excluding hydrogens is 120 g/mol. The van der Waals surface area contributed by atoms with Crippen LogP contribution < -0.4 is 4.57 Å². The quantitative estimate of drug-likeness (QED) is 0.462. The molecule has 0 N–H and O–H groups in total. The van der Waals surface area contributed by atoms with Crippen molar-refractivity contribution < 1.29 is 4.57 Å². The van der Waals surface area contributed by atoms with E-state index in [9.17, 15) is 0 Å². The van der Waals surface area contributed by atoms with Crippen LogP contribution in [-0.2, 0) is 7.05 Å². The predicted molar refractivity (Wildman–Crippen MR) is 30.2 cm³/mol. The molecule has 0 fully saturated rings. The second-order valence-electron chi connectivity index (χ2n) is 1.43. The number of hydrogen-bond donors (Lipinski definition) is 0. The minimum absolute atomic E-state index is 0.741. The van der Waals surface area contributed by atoms with Crippen LogP contribution in [0.25, 0.3) is 0 Å². The van der Waals surface area contributed by atoms with Gasteiger partial charge < -0.3 is 0 Å². The van der Waals surface area contributed by atoms with Crippen molar-refractivity contribution in [3.05, 3.63) is 16.6 Å². The van der Waals surface area contributed by atoms with Gasteiger partial charge in [0.25, 0.3) is 0 Å². The Morgan fingerprint density at radius 2 is 2.62 bits per heavy atom. The third-order valence-corrected chi connectivity index (χ3v) is 1.74. The van der Waals surface area contributed by atoms with Crippen LogP contribution in [0.15, 0.2) is 11.6 Å². The lowest BCUT2D eigenvalue weighted by Crippen LogP contribution is -2.27. The van der Waals surface area contributed by atoms with Crippen LogP contribution in [0.5, 0.6) is 0 Å². The molecule has 1 heterocycles. The minimum atomic E-state index is 0.741. The third kappa shape index (κ3) is 0.703. The van der Waals surface area contributed by atoms with Gasteiger partial charge in [0.15, 0.2) is 12.3 Å². The maximum Gasteiger partial charge on any atom is 0.340 e. The smallest absolute Gasteiger partial charge is 0.185 e. The van der Waals surface area contributed by atoms with E-state index in [1.54, 1.807) is 4.57 Å². The molecule has 0 amide bonds. The number of nitrogens with zero attached hydrogens (tertiary/aromatic N) is 2. The lowest BCUT2D eigenvalue weighted by atomic mass is 10.7. The summed E-state index contributed by atoms with van der Waals surface area (Å²) < 4.78 is 1.80. The Hall–Kier alpha value is -0.880. The van der Waals surface area contributed by atoms with E-state index in [0.29, 0.717) is 0 Å². The normalized spacial score (nSPS) is 8.50. The number of aryl methyl sites for hydroxylation is 1. The first-order chi connectivity index (χ1) is 3.84. The Morgan fingerprint density at radius 1 is 1.88 bits per heavy atom. The SMILES string of the molecule is C[n+]1ccsc1C#N. The molecule has 0 saturated heterocycles. The second-order valence-corrected chi connectivity index (χ2v) is 2.33. The standard InChI is InChI=1S/C5H5N2S/c1-7-2-3-8-5(7)4-6/h2-3H,1H3/q+1. The van der Waals surface area contributed by atoms with E-state index in [2.05, 4.69) is 6.07 Å². The van der Waals surface area contributed by atoms with Gasteiger partial charge in [0.2, 0.25) is 0 Å². The molecule has 1 aromatic heterocycles. The van der Waals surface area contributed by atoms with Crippen molar-refractivity contribution in [1.82, 2.24) is 0 Å². The first kappa shape index (κ1) is 5.26. The van der Waals surface area contributed by atoms with E-state index in [4.69, 9.17) is 5.26 Å². The summed E-state index contributed by atoms with van der Waals surface area (Å²) in [7, 11) is 1.86. The van der Waals surface area contributed by atoms with E-state index >= 15 is 0 Å². The highest BCUT2D eigenvalue weighted by molar-refractivity contribution is 7.09. The molecule has 0 radical (unpaired) electrons. The highest BCUT2D eigenvalue weighted by Gasteiger charge is 2.02. The molecule has 0 bridgehead atoms. The number of nitriles is 1. The number of rotatable bonds is 0. The van der Waals surface area contributed by atoms with E-state index in [1.165, 1.54) is 11.3 Å².